The lowest BCUT2D eigenvalue weighted by molar-refractivity contribution is -0.182. The maximum atomic E-state index is 12.4. The van der Waals surface area contributed by atoms with Crippen LogP contribution in [-0.4, -0.2) is 56.4 Å². The van der Waals surface area contributed by atoms with Crippen molar-refractivity contribution in [2.45, 2.75) is 57.3 Å². The summed E-state index contributed by atoms with van der Waals surface area (Å²) in [5, 5.41) is 42.5. The van der Waals surface area contributed by atoms with E-state index >= 15 is 0 Å². The Morgan fingerprint density at radius 3 is 2.67 bits per heavy atom. The van der Waals surface area contributed by atoms with Crippen molar-refractivity contribution in [3.05, 3.63) is 23.8 Å². The number of fused-ring (bicyclic) bond motifs is 5. The predicted molar refractivity (Wildman–Crippen MR) is 96.4 cm³/mol. The van der Waals surface area contributed by atoms with Crippen molar-refractivity contribution >= 4 is 11.6 Å². The van der Waals surface area contributed by atoms with Gasteiger partial charge < -0.3 is 20.4 Å². The van der Waals surface area contributed by atoms with Gasteiger partial charge in [-0.3, -0.25) is 9.59 Å². The van der Waals surface area contributed by atoms with Crippen molar-refractivity contribution in [2.75, 3.05) is 6.61 Å². The van der Waals surface area contributed by atoms with Gasteiger partial charge in [0, 0.05) is 16.7 Å². The molecule has 4 aliphatic carbocycles. The second-order valence-electron chi connectivity index (χ2n) is 9.33. The van der Waals surface area contributed by atoms with E-state index in [9.17, 15) is 30.0 Å². The van der Waals surface area contributed by atoms with E-state index in [2.05, 4.69) is 0 Å². The minimum Gasteiger partial charge on any atom is -0.393 e. The number of rotatable bonds is 2. The average molecular weight is 376 g/mol. The first kappa shape index (κ1) is 19.0. The molecule has 4 rings (SSSR count). The fraction of sp³-hybridized carbons (Fsp3) is 0.714. The van der Waals surface area contributed by atoms with Gasteiger partial charge in [-0.15, -0.1) is 0 Å². The van der Waals surface area contributed by atoms with Crippen molar-refractivity contribution in [1.29, 1.82) is 0 Å². The predicted octanol–water partition coefficient (Wildman–Crippen LogP) is 0.528. The molecule has 3 fully saturated rings. The summed E-state index contributed by atoms with van der Waals surface area (Å²) in [4.78, 5) is 24.2. The third-order valence-corrected chi connectivity index (χ3v) is 8.27. The molecular weight excluding hydrogens is 348 g/mol. The Morgan fingerprint density at radius 1 is 1.30 bits per heavy atom. The molecule has 3 saturated carbocycles. The molecule has 0 aromatic heterocycles. The molecule has 27 heavy (non-hydrogen) atoms. The van der Waals surface area contributed by atoms with Gasteiger partial charge in [0.15, 0.2) is 11.6 Å². The van der Waals surface area contributed by atoms with Gasteiger partial charge in [0.25, 0.3) is 0 Å². The van der Waals surface area contributed by atoms with Crippen LogP contribution in [0.5, 0.6) is 0 Å². The van der Waals surface area contributed by atoms with E-state index in [1.165, 1.54) is 12.2 Å². The van der Waals surface area contributed by atoms with Gasteiger partial charge in [-0.2, -0.15) is 0 Å². The van der Waals surface area contributed by atoms with E-state index in [0.717, 1.165) is 0 Å². The van der Waals surface area contributed by atoms with Gasteiger partial charge >= 0.3 is 0 Å². The Balaban J connectivity index is 1.78. The number of allylic oxidation sites excluding steroid dienone is 3. The SMILES string of the molecule is CC12C=CC(=O)C=C1[C@H](O)C[C@@H]1[C@@H]2[C@@H](O)C[C@@]2(C)[C@H]1CC[C@]2(O)C(=O)CO. The summed E-state index contributed by atoms with van der Waals surface area (Å²) >= 11 is 0. The summed E-state index contributed by atoms with van der Waals surface area (Å²) < 4.78 is 0. The molecule has 0 aromatic carbocycles. The van der Waals surface area contributed by atoms with Crippen LogP contribution in [0.2, 0.25) is 0 Å². The molecule has 0 aromatic rings. The Morgan fingerprint density at radius 2 is 2.00 bits per heavy atom. The van der Waals surface area contributed by atoms with Crippen molar-refractivity contribution in [3.63, 3.8) is 0 Å². The highest BCUT2D eigenvalue weighted by atomic mass is 16.3. The van der Waals surface area contributed by atoms with E-state index in [0.29, 0.717) is 18.4 Å². The van der Waals surface area contributed by atoms with Gasteiger partial charge in [-0.05, 0) is 55.2 Å². The minimum atomic E-state index is -1.65. The molecule has 0 amide bonds. The topological polar surface area (TPSA) is 115 Å². The first-order chi connectivity index (χ1) is 12.6. The number of carbonyl (C=O) groups excluding carboxylic acids is 2. The molecule has 0 bridgehead atoms. The zero-order valence-electron chi connectivity index (χ0n) is 15.8. The van der Waals surface area contributed by atoms with Crippen molar-refractivity contribution in [3.8, 4) is 0 Å². The lowest BCUT2D eigenvalue weighted by atomic mass is 9.45. The summed E-state index contributed by atoms with van der Waals surface area (Å²) in [6.45, 7) is 3.06. The molecule has 0 heterocycles. The highest BCUT2D eigenvalue weighted by Crippen LogP contribution is 2.67. The molecular formula is C21H28O6. The number of Topliss-reactive ketones (excluding diaryl/α,β-unsaturated/α-hetero) is 1. The van der Waals surface area contributed by atoms with E-state index in [1.54, 1.807) is 6.08 Å². The third-order valence-electron chi connectivity index (χ3n) is 8.27. The molecule has 8 atom stereocenters. The molecule has 6 heteroatoms. The average Bonchev–Trinajstić information content (AvgIpc) is 2.87. The number of hydrogen-bond acceptors (Lipinski definition) is 6. The zero-order valence-corrected chi connectivity index (χ0v) is 15.8. The molecule has 1 unspecified atom stereocenters. The van der Waals surface area contributed by atoms with Crippen LogP contribution in [0.3, 0.4) is 0 Å². The minimum absolute atomic E-state index is 0.0505. The lowest BCUT2D eigenvalue weighted by Gasteiger charge is -2.60. The number of aliphatic hydroxyl groups is 4. The summed E-state index contributed by atoms with van der Waals surface area (Å²) in [7, 11) is 0. The van der Waals surface area contributed by atoms with Gasteiger partial charge in [0.2, 0.25) is 0 Å². The molecule has 4 aliphatic rings. The van der Waals surface area contributed by atoms with Crippen LogP contribution in [0.4, 0.5) is 0 Å². The monoisotopic (exact) mass is 376 g/mol. The number of ketones is 2. The van der Waals surface area contributed by atoms with Crippen LogP contribution >= 0.6 is 0 Å². The quantitative estimate of drug-likeness (QED) is 0.559. The van der Waals surface area contributed by atoms with E-state index in [1.807, 2.05) is 13.8 Å². The molecule has 0 radical (unpaired) electrons. The van der Waals surface area contributed by atoms with E-state index in [4.69, 9.17) is 0 Å². The smallest absolute Gasteiger partial charge is 0.190 e. The van der Waals surface area contributed by atoms with Gasteiger partial charge in [0.05, 0.1) is 12.2 Å². The molecule has 4 N–H and O–H groups in total. The van der Waals surface area contributed by atoms with Crippen LogP contribution in [-0.2, 0) is 9.59 Å². The van der Waals surface area contributed by atoms with Crippen molar-refractivity contribution in [1.82, 2.24) is 0 Å². The number of hydrogen-bond donors (Lipinski definition) is 4. The zero-order chi connectivity index (χ0) is 19.8. The Bertz CT molecular complexity index is 756. The first-order valence-electron chi connectivity index (χ1n) is 9.76. The van der Waals surface area contributed by atoms with E-state index < -0.39 is 41.0 Å². The fourth-order valence-electron chi connectivity index (χ4n) is 6.97. The molecule has 0 saturated heterocycles. The largest absolute Gasteiger partial charge is 0.393 e. The maximum Gasteiger partial charge on any atom is 0.190 e. The fourth-order valence-corrected chi connectivity index (χ4v) is 6.97. The van der Waals surface area contributed by atoms with E-state index in [-0.39, 0.29) is 36.4 Å². The molecule has 0 spiro atoms. The highest BCUT2D eigenvalue weighted by Gasteiger charge is 2.68. The Labute approximate surface area is 158 Å². The molecule has 148 valence electrons. The lowest BCUT2D eigenvalue weighted by Crippen LogP contribution is -2.63. The van der Waals surface area contributed by atoms with Crippen LogP contribution in [0.15, 0.2) is 23.8 Å². The Hall–Kier alpha value is -1.34. The summed E-state index contributed by atoms with van der Waals surface area (Å²) in [6, 6.07) is 0. The van der Waals surface area contributed by atoms with Crippen molar-refractivity contribution < 1.29 is 30.0 Å². The maximum absolute atomic E-state index is 12.4. The van der Waals surface area contributed by atoms with Crippen molar-refractivity contribution in [2.24, 2.45) is 28.6 Å². The second-order valence-corrected chi connectivity index (χ2v) is 9.33. The van der Waals surface area contributed by atoms with Crippen LogP contribution in [0.1, 0.15) is 39.5 Å². The highest BCUT2D eigenvalue weighted by molar-refractivity contribution is 6.01. The van der Waals surface area contributed by atoms with Crippen LogP contribution < -0.4 is 0 Å². The standard InChI is InChI=1S/C21H28O6/c1-19-5-3-11(23)7-14(19)15(24)8-12-13-4-6-21(27,17(26)10-22)20(13,2)9-16(25)18(12)19/h3,5,7,12-13,15-16,18,22,24-25,27H,4,6,8-10H2,1-2H3/t12-,13-,15+,16-,18+,19?,20-,21-/m0/s1. The first-order valence-corrected chi connectivity index (χ1v) is 9.76. The summed E-state index contributed by atoms with van der Waals surface area (Å²) in [5.74, 6) is -1.08. The normalized spacial score (nSPS) is 51.3. The van der Waals surface area contributed by atoms with Crippen LogP contribution in [0, 0.1) is 28.6 Å². The second kappa shape index (κ2) is 5.83. The van der Waals surface area contributed by atoms with Crippen LogP contribution in [0.25, 0.3) is 0 Å². The molecule has 0 aliphatic heterocycles. The number of carbonyl (C=O) groups is 2. The van der Waals surface area contributed by atoms with Gasteiger partial charge in [0.1, 0.15) is 12.2 Å². The van der Waals surface area contributed by atoms with Gasteiger partial charge in [-0.1, -0.05) is 19.9 Å². The number of aliphatic hydroxyl groups excluding tert-OH is 3. The summed E-state index contributed by atoms with van der Waals surface area (Å²) in [6.07, 6.45) is 4.73. The summed E-state index contributed by atoms with van der Waals surface area (Å²) in [5.41, 5.74) is -2.48. The molecule has 6 nitrogen and oxygen atoms in total. The van der Waals surface area contributed by atoms with Gasteiger partial charge in [-0.25, -0.2) is 0 Å². The third kappa shape index (κ3) is 2.27. The Kier molecular flexibility index (Phi) is 4.10.